The minimum atomic E-state index is -4.08. The molecule has 0 unspecified atom stereocenters. The Morgan fingerprint density at radius 1 is 1.17 bits per heavy atom. The molecule has 0 atom stereocenters. The third-order valence-corrected chi connectivity index (χ3v) is 2.05. The average Bonchev–Trinajstić information content (AvgIpc) is 1.86. The van der Waals surface area contributed by atoms with Crippen molar-refractivity contribution < 1.29 is 34.7 Å². The van der Waals surface area contributed by atoms with Gasteiger partial charge in [0.2, 0.25) is 0 Å². The molecule has 0 aliphatic heterocycles. The molecule has 0 saturated carbocycles. The number of rotatable bonds is 1. The van der Waals surface area contributed by atoms with E-state index in [0.29, 0.717) is 5.69 Å². The zero-order valence-electron chi connectivity index (χ0n) is 6.06. The molecule has 0 radical (unpaired) electrons. The molecule has 64 valence electrons. The standard InChI is InChI=1S/C6H7NO3S.Ti/c7-5-1-3-6(4-2-5)11(8,9)10;/h1-4H,7H2,(H,8,9,10);. The fraction of sp³-hybridized carbons (Fsp3) is 0. The summed E-state index contributed by atoms with van der Waals surface area (Å²) >= 11 is 0. The Hall–Kier alpha value is -0.356. The zero-order valence-corrected chi connectivity index (χ0v) is 8.44. The molecule has 3 N–H and O–H groups in total. The summed E-state index contributed by atoms with van der Waals surface area (Å²) in [7, 11) is -4.08. The third-order valence-electron chi connectivity index (χ3n) is 1.18. The molecular weight excluding hydrogens is 214 g/mol. The second-order valence-electron chi connectivity index (χ2n) is 2.04. The Morgan fingerprint density at radius 3 is 1.92 bits per heavy atom. The average molecular weight is 221 g/mol. The van der Waals surface area contributed by atoms with Crippen LogP contribution in [0.3, 0.4) is 0 Å². The number of benzene rings is 1. The van der Waals surface area contributed by atoms with Crippen molar-refractivity contribution in [2.24, 2.45) is 0 Å². The fourth-order valence-corrected chi connectivity index (χ4v) is 1.12. The molecule has 0 saturated heterocycles. The summed E-state index contributed by atoms with van der Waals surface area (Å²) < 4.78 is 29.4. The largest absolute Gasteiger partial charge is 0.399 e. The molecule has 0 heterocycles. The monoisotopic (exact) mass is 221 g/mol. The molecule has 0 fully saturated rings. The van der Waals surface area contributed by atoms with Gasteiger partial charge in [-0.15, -0.1) is 0 Å². The summed E-state index contributed by atoms with van der Waals surface area (Å²) in [4.78, 5) is -0.147. The predicted octanol–water partition coefficient (Wildman–Crippen LogP) is 0.513. The molecule has 12 heavy (non-hydrogen) atoms. The van der Waals surface area contributed by atoms with Crippen LogP contribution >= 0.6 is 0 Å². The Kier molecular flexibility index (Phi) is 3.93. The van der Waals surface area contributed by atoms with E-state index in [9.17, 15) is 8.42 Å². The van der Waals surface area contributed by atoms with Crippen LogP contribution in [0.2, 0.25) is 0 Å². The second-order valence-corrected chi connectivity index (χ2v) is 3.47. The summed E-state index contributed by atoms with van der Waals surface area (Å²) in [5.41, 5.74) is 5.75. The van der Waals surface area contributed by atoms with Crippen LogP contribution in [0, 0.1) is 0 Å². The third kappa shape index (κ3) is 2.94. The maximum atomic E-state index is 10.5. The van der Waals surface area contributed by atoms with Crippen LogP contribution < -0.4 is 5.73 Å². The second kappa shape index (κ2) is 4.05. The molecule has 6 heteroatoms. The van der Waals surface area contributed by atoms with Gasteiger partial charge in [-0.2, -0.15) is 8.42 Å². The summed E-state index contributed by atoms with van der Waals surface area (Å²) in [6.45, 7) is 0. The quantitative estimate of drug-likeness (QED) is 0.411. The van der Waals surface area contributed by atoms with Crippen LogP contribution in [-0.2, 0) is 31.8 Å². The molecule has 0 aliphatic rings. The number of nitrogens with two attached hydrogens (primary N) is 1. The van der Waals surface area contributed by atoms with Crippen molar-refractivity contribution in [1.29, 1.82) is 0 Å². The van der Waals surface area contributed by atoms with Crippen LogP contribution in [0.1, 0.15) is 0 Å². The van der Waals surface area contributed by atoms with E-state index in [2.05, 4.69) is 0 Å². The summed E-state index contributed by atoms with van der Waals surface area (Å²) in [6.07, 6.45) is 0. The van der Waals surface area contributed by atoms with Gasteiger partial charge in [0.1, 0.15) is 0 Å². The first kappa shape index (κ1) is 11.6. The van der Waals surface area contributed by atoms with E-state index < -0.39 is 10.1 Å². The van der Waals surface area contributed by atoms with E-state index in [-0.39, 0.29) is 26.6 Å². The van der Waals surface area contributed by atoms with E-state index in [0.717, 1.165) is 0 Å². The fourth-order valence-electron chi connectivity index (χ4n) is 0.640. The predicted molar refractivity (Wildman–Crippen MR) is 40.7 cm³/mol. The minimum absolute atomic E-state index is 0. The zero-order chi connectivity index (χ0) is 8.48. The molecular formula is C6H7NO3STi. The van der Waals surface area contributed by atoms with Crippen LogP contribution in [0.4, 0.5) is 5.69 Å². The number of hydrogen-bond acceptors (Lipinski definition) is 3. The molecule has 0 spiro atoms. The van der Waals surface area contributed by atoms with Crippen molar-refractivity contribution in [3.05, 3.63) is 24.3 Å². The van der Waals surface area contributed by atoms with Crippen molar-refractivity contribution in [3.8, 4) is 0 Å². The van der Waals surface area contributed by atoms with Gasteiger partial charge >= 0.3 is 0 Å². The number of nitrogen functional groups attached to an aromatic ring is 1. The van der Waals surface area contributed by atoms with Gasteiger partial charge in [0.05, 0.1) is 4.90 Å². The first-order valence-corrected chi connectivity index (χ1v) is 4.27. The maximum absolute atomic E-state index is 10.5. The van der Waals surface area contributed by atoms with Crippen molar-refractivity contribution in [3.63, 3.8) is 0 Å². The molecule has 0 aliphatic carbocycles. The molecule has 0 amide bonds. The Bertz CT molecular complexity index is 346. The van der Waals surface area contributed by atoms with Gasteiger partial charge in [-0.25, -0.2) is 0 Å². The van der Waals surface area contributed by atoms with Crippen molar-refractivity contribution >= 4 is 15.8 Å². The van der Waals surface area contributed by atoms with Crippen molar-refractivity contribution in [2.75, 3.05) is 5.73 Å². The first-order chi connectivity index (χ1) is 5.00. The first-order valence-electron chi connectivity index (χ1n) is 2.83. The van der Waals surface area contributed by atoms with Crippen LogP contribution in [0.25, 0.3) is 0 Å². The summed E-state index contributed by atoms with van der Waals surface area (Å²) in [5.74, 6) is 0. The van der Waals surface area contributed by atoms with Gasteiger partial charge in [0, 0.05) is 27.4 Å². The van der Waals surface area contributed by atoms with E-state index in [1.807, 2.05) is 0 Å². The van der Waals surface area contributed by atoms with E-state index in [1.165, 1.54) is 24.3 Å². The smallest absolute Gasteiger partial charge is 0.294 e. The molecule has 1 aromatic carbocycles. The van der Waals surface area contributed by atoms with Gasteiger partial charge in [-0.3, -0.25) is 4.55 Å². The maximum Gasteiger partial charge on any atom is 0.294 e. The van der Waals surface area contributed by atoms with Gasteiger partial charge < -0.3 is 5.73 Å². The van der Waals surface area contributed by atoms with E-state index in [4.69, 9.17) is 10.3 Å². The normalized spacial score (nSPS) is 10.4. The number of hydrogen-bond donors (Lipinski definition) is 2. The van der Waals surface area contributed by atoms with Crippen LogP contribution in [-0.4, -0.2) is 13.0 Å². The number of anilines is 1. The van der Waals surface area contributed by atoms with E-state index in [1.54, 1.807) is 0 Å². The molecule has 1 aromatic rings. The van der Waals surface area contributed by atoms with Crippen molar-refractivity contribution in [2.45, 2.75) is 4.90 Å². The van der Waals surface area contributed by atoms with Gasteiger partial charge in [0.15, 0.2) is 0 Å². The Labute approximate surface area is 85.4 Å². The Morgan fingerprint density at radius 2 is 1.58 bits per heavy atom. The minimum Gasteiger partial charge on any atom is -0.399 e. The van der Waals surface area contributed by atoms with Crippen LogP contribution in [0.15, 0.2) is 29.2 Å². The van der Waals surface area contributed by atoms with Gasteiger partial charge in [-0.1, -0.05) is 0 Å². The SMILES string of the molecule is Nc1ccc(S(=O)(=O)O)cc1.[Ti]. The van der Waals surface area contributed by atoms with E-state index >= 15 is 0 Å². The van der Waals surface area contributed by atoms with Gasteiger partial charge in [0.25, 0.3) is 10.1 Å². The Balaban J connectivity index is 0.00000121. The van der Waals surface area contributed by atoms with Crippen molar-refractivity contribution in [1.82, 2.24) is 0 Å². The summed E-state index contributed by atoms with van der Waals surface area (Å²) in [6, 6.07) is 5.29. The molecule has 4 nitrogen and oxygen atoms in total. The van der Waals surface area contributed by atoms with Crippen LogP contribution in [0.5, 0.6) is 0 Å². The van der Waals surface area contributed by atoms with Gasteiger partial charge in [-0.05, 0) is 24.3 Å². The topological polar surface area (TPSA) is 80.4 Å². The molecule has 0 aromatic heterocycles. The summed E-state index contributed by atoms with van der Waals surface area (Å²) in [5, 5.41) is 0. The molecule has 0 bridgehead atoms. The molecule has 1 rings (SSSR count).